The van der Waals surface area contributed by atoms with Gasteiger partial charge in [-0.05, 0) is 12.8 Å². The first-order valence-corrected chi connectivity index (χ1v) is 7.45. The highest BCUT2D eigenvalue weighted by Crippen LogP contribution is 2.25. The number of hydrogen-bond acceptors (Lipinski definition) is 4. The number of likely N-dealkylation sites (tertiary alicyclic amines) is 1. The first-order chi connectivity index (χ1) is 7.52. The fourth-order valence-electron chi connectivity index (χ4n) is 2.47. The molecule has 0 saturated carbocycles. The third kappa shape index (κ3) is 2.38. The topological polar surface area (TPSA) is 74.7 Å². The minimum absolute atomic E-state index is 0.0334. The average molecular weight is 247 g/mol. The molecule has 1 N–H and O–H groups in total. The quantitative estimate of drug-likeness (QED) is 0.707. The van der Waals surface area contributed by atoms with Gasteiger partial charge >= 0.3 is 0 Å². The van der Waals surface area contributed by atoms with Crippen molar-refractivity contribution in [1.29, 1.82) is 0 Å². The number of nitrogens with zero attached hydrogens (tertiary/aromatic N) is 1. The van der Waals surface area contributed by atoms with E-state index in [0.29, 0.717) is 25.8 Å². The molecule has 1 unspecified atom stereocenters. The summed E-state index contributed by atoms with van der Waals surface area (Å²) in [5.74, 6) is 0.464. The number of carbonyl (C=O) groups is 1. The van der Waals surface area contributed by atoms with Gasteiger partial charge < -0.3 is 10.0 Å². The third-order valence-corrected chi connectivity index (χ3v) is 5.18. The number of rotatable bonds is 2. The maximum atomic E-state index is 11.7. The molecule has 1 atom stereocenters. The summed E-state index contributed by atoms with van der Waals surface area (Å²) in [7, 11) is -2.87. The monoisotopic (exact) mass is 247 g/mol. The van der Waals surface area contributed by atoms with Crippen LogP contribution in [0, 0.1) is 5.92 Å². The Morgan fingerprint density at radius 1 is 1.31 bits per heavy atom. The molecule has 0 aromatic carbocycles. The SMILES string of the molecule is O=C1CC(CO)CN1C1CCS(=O)(=O)CC1. The van der Waals surface area contributed by atoms with Gasteiger partial charge in [-0.3, -0.25) is 4.79 Å². The molecule has 2 heterocycles. The Labute approximate surface area is 95.4 Å². The number of aliphatic hydroxyl groups excluding tert-OH is 1. The van der Waals surface area contributed by atoms with Gasteiger partial charge in [-0.15, -0.1) is 0 Å². The van der Waals surface area contributed by atoms with Crippen LogP contribution < -0.4 is 0 Å². The maximum absolute atomic E-state index is 11.7. The Hall–Kier alpha value is -0.620. The van der Waals surface area contributed by atoms with Crippen LogP contribution in [-0.4, -0.2) is 55.0 Å². The molecule has 5 nitrogen and oxygen atoms in total. The predicted octanol–water partition coefficient (Wildman–Crippen LogP) is -0.596. The van der Waals surface area contributed by atoms with Crippen molar-refractivity contribution in [1.82, 2.24) is 4.90 Å². The van der Waals surface area contributed by atoms with Gasteiger partial charge in [0.1, 0.15) is 9.84 Å². The molecular weight excluding hydrogens is 230 g/mol. The van der Waals surface area contributed by atoms with E-state index in [1.807, 2.05) is 0 Å². The highest BCUT2D eigenvalue weighted by Gasteiger charge is 2.36. The number of carbonyl (C=O) groups excluding carboxylic acids is 1. The second-order valence-electron chi connectivity index (χ2n) is 4.68. The van der Waals surface area contributed by atoms with Crippen molar-refractivity contribution in [3.05, 3.63) is 0 Å². The summed E-state index contributed by atoms with van der Waals surface area (Å²) in [4.78, 5) is 13.4. The molecular formula is C10H17NO4S. The summed E-state index contributed by atoms with van der Waals surface area (Å²) in [5.41, 5.74) is 0. The van der Waals surface area contributed by atoms with Crippen LogP contribution >= 0.6 is 0 Å². The molecule has 0 spiro atoms. The number of hydrogen-bond donors (Lipinski definition) is 1. The number of sulfone groups is 1. The zero-order valence-corrected chi connectivity index (χ0v) is 9.95. The zero-order chi connectivity index (χ0) is 11.8. The van der Waals surface area contributed by atoms with E-state index in [2.05, 4.69) is 0 Å². The summed E-state index contributed by atoms with van der Waals surface area (Å²) < 4.78 is 22.5. The van der Waals surface area contributed by atoms with E-state index in [0.717, 1.165) is 0 Å². The maximum Gasteiger partial charge on any atom is 0.223 e. The second kappa shape index (κ2) is 4.33. The van der Waals surface area contributed by atoms with Gasteiger partial charge in [0.25, 0.3) is 0 Å². The van der Waals surface area contributed by atoms with Gasteiger partial charge in [-0.1, -0.05) is 0 Å². The summed E-state index contributed by atoms with van der Waals surface area (Å²) in [5, 5.41) is 9.01. The van der Waals surface area contributed by atoms with Crippen LogP contribution in [0.15, 0.2) is 0 Å². The van der Waals surface area contributed by atoms with Crippen molar-refractivity contribution in [3.63, 3.8) is 0 Å². The van der Waals surface area contributed by atoms with Crippen molar-refractivity contribution in [2.45, 2.75) is 25.3 Å². The lowest BCUT2D eigenvalue weighted by Crippen LogP contribution is -2.42. The van der Waals surface area contributed by atoms with Crippen LogP contribution in [0.4, 0.5) is 0 Å². The molecule has 0 aliphatic carbocycles. The van der Waals surface area contributed by atoms with Gasteiger partial charge in [-0.2, -0.15) is 0 Å². The van der Waals surface area contributed by atoms with E-state index in [9.17, 15) is 13.2 Å². The van der Waals surface area contributed by atoms with Crippen molar-refractivity contribution in [2.24, 2.45) is 5.92 Å². The fourth-order valence-corrected chi connectivity index (χ4v) is 3.94. The molecule has 2 fully saturated rings. The molecule has 2 rings (SSSR count). The van der Waals surface area contributed by atoms with Crippen LogP contribution in [0.25, 0.3) is 0 Å². The van der Waals surface area contributed by atoms with Crippen LogP contribution in [0.1, 0.15) is 19.3 Å². The Morgan fingerprint density at radius 3 is 2.44 bits per heavy atom. The molecule has 0 aromatic heterocycles. The first-order valence-electron chi connectivity index (χ1n) is 5.62. The predicted molar refractivity (Wildman–Crippen MR) is 58.6 cm³/mol. The van der Waals surface area contributed by atoms with E-state index in [-0.39, 0.29) is 36.0 Å². The van der Waals surface area contributed by atoms with E-state index in [1.54, 1.807) is 4.90 Å². The molecule has 2 aliphatic heterocycles. The van der Waals surface area contributed by atoms with Gasteiger partial charge in [0.2, 0.25) is 5.91 Å². The third-order valence-electron chi connectivity index (χ3n) is 3.46. The normalized spacial score (nSPS) is 30.9. The van der Waals surface area contributed by atoms with E-state index >= 15 is 0 Å². The molecule has 0 bridgehead atoms. The Morgan fingerprint density at radius 2 is 1.94 bits per heavy atom. The van der Waals surface area contributed by atoms with Gasteiger partial charge in [0, 0.05) is 31.5 Å². The number of aliphatic hydroxyl groups is 1. The van der Waals surface area contributed by atoms with Crippen LogP contribution in [0.2, 0.25) is 0 Å². The minimum atomic E-state index is -2.87. The molecule has 0 aromatic rings. The molecule has 2 saturated heterocycles. The number of amides is 1. The lowest BCUT2D eigenvalue weighted by Gasteiger charge is -2.31. The first kappa shape index (κ1) is 11.9. The van der Waals surface area contributed by atoms with E-state index in [1.165, 1.54) is 0 Å². The molecule has 16 heavy (non-hydrogen) atoms. The molecule has 92 valence electrons. The fraction of sp³-hybridized carbons (Fsp3) is 0.900. The Kier molecular flexibility index (Phi) is 3.21. The van der Waals surface area contributed by atoms with Gasteiger partial charge in [0.05, 0.1) is 11.5 Å². The van der Waals surface area contributed by atoms with Crippen molar-refractivity contribution < 1.29 is 18.3 Å². The second-order valence-corrected chi connectivity index (χ2v) is 6.99. The van der Waals surface area contributed by atoms with Gasteiger partial charge in [-0.25, -0.2) is 8.42 Å². The van der Waals surface area contributed by atoms with E-state index < -0.39 is 9.84 Å². The molecule has 2 aliphatic rings. The van der Waals surface area contributed by atoms with Crippen molar-refractivity contribution in [3.8, 4) is 0 Å². The highest BCUT2D eigenvalue weighted by molar-refractivity contribution is 7.91. The smallest absolute Gasteiger partial charge is 0.223 e. The summed E-state index contributed by atoms with van der Waals surface area (Å²) in [6.45, 7) is 0.618. The van der Waals surface area contributed by atoms with Crippen LogP contribution in [0.3, 0.4) is 0 Å². The summed E-state index contributed by atoms with van der Waals surface area (Å²) in [6, 6.07) is 0.0626. The van der Waals surface area contributed by atoms with Crippen molar-refractivity contribution >= 4 is 15.7 Å². The van der Waals surface area contributed by atoms with Gasteiger partial charge in [0.15, 0.2) is 0 Å². The molecule has 0 radical (unpaired) electrons. The Balaban J connectivity index is 1.97. The van der Waals surface area contributed by atoms with Crippen molar-refractivity contribution in [2.75, 3.05) is 24.7 Å². The standard InChI is InChI=1S/C10H17NO4S/c12-7-8-5-10(13)11(6-8)9-1-3-16(14,15)4-2-9/h8-9,12H,1-7H2. The zero-order valence-electron chi connectivity index (χ0n) is 9.13. The summed E-state index contributed by atoms with van der Waals surface area (Å²) in [6.07, 6.45) is 1.50. The summed E-state index contributed by atoms with van der Waals surface area (Å²) >= 11 is 0. The molecule has 6 heteroatoms. The highest BCUT2D eigenvalue weighted by atomic mass is 32.2. The Bertz CT molecular complexity index is 364. The largest absolute Gasteiger partial charge is 0.396 e. The lowest BCUT2D eigenvalue weighted by molar-refractivity contribution is -0.129. The average Bonchev–Trinajstić information content (AvgIpc) is 2.60. The van der Waals surface area contributed by atoms with Crippen LogP contribution in [0.5, 0.6) is 0 Å². The minimum Gasteiger partial charge on any atom is -0.396 e. The van der Waals surface area contributed by atoms with E-state index in [4.69, 9.17) is 5.11 Å². The van der Waals surface area contributed by atoms with Crippen LogP contribution in [-0.2, 0) is 14.6 Å². The lowest BCUT2D eigenvalue weighted by atomic mass is 10.1. The molecule has 1 amide bonds.